The number of amidine groups is 1. The summed E-state index contributed by atoms with van der Waals surface area (Å²) < 4.78 is 31.8. The predicted molar refractivity (Wildman–Crippen MR) is 96.1 cm³/mol. The van der Waals surface area contributed by atoms with Gasteiger partial charge in [-0.15, -0.1) is 0 Å². The maximum absolute atomic E-state index is 12.4. The molecule has 8 heteroatoms. The predicted octanol–water partition coefficient (Wildman–Crippen LogP) is 1.44. The fraction of sp³-hybridized carbons (Fsp3) is 0.529. The number of fused-ring (bicyclic) bond motifs is 1. The molecule has 1 aromatic carbocycles. The highest BCUT2D eigenvalue weighted by Crippen LogP contribution is 2.23. The summed E-state index contributed by atoms with van der Waals surface area (Å²) in [5.41, 5.74) is 0.510. The number of nitrogens with zero attached hydrogens (tertiary/aromatic N) is 1. The zero-order valence-corrected chi connectivity index (χ0v) is 15.4. The van der Waals surface area contributed by atoms with Gasteiger partial charge in [-0.05, 0) is 25.0 Å². The molecule has 0 aliphatic carbocycles. The lowest BCUT2D eigenvalue weighted by Gasteiger charge is -2.14. The Hall–Kier alpha value is -1.93. The van der Waals surface area contributed by atoms with Crippen molar-refractivity contribution in [2.75, 3.05) is 20.3 Å². The molecule has 1 heterocycles. The summed E-state index contributed by atoms with van der Waals surface area (Å²) in [5, 5.41) is 2.84. The first-order chi connectivity index (χ1) is 12.0. The van der Waals surface area contributed by atoms with Gasteiger partial charge in [0.1, 0.15) is 11.9 Å². The van der Waals surface area contributed by atoms with Crippen LogP contribution >= 0.6 is 0 Å². The van der Waals surface area contributed by atoms with E-state index in [0.29, 0.717) is 25.1 Å². The lowest BCUT2D eigenvalue weighted by atomic mass is 10.1. The van der Waals surface area contributed by atoms with Crippen LogP contribution in [0.2, 0.25) is 0 Å². The Labute approximate surface area is 148 Å². The number of carbonyl (C=O) groups excluding carboxylic acids is 1. The van der Waals surface area contributed by atoms with Crippen LogP contribution in [-0.4, -0.2) is 46.5 Å². The second-order valence-electron chi connectivity index (χ2n) is 5.87. The topological polar surface area (TPSA) is 96.9 Å². The molecular formula is C17H25N3O4S. The summed E-state index contributed by atoms with van der Waals surface area (Å²) >= 11 is 0. The number of hydrogen-bond acceptors (Lipinski definition) is 5. The van der Waals surface area contributed by atoms with Crippen LogP contribution in [0.4, 0.5) is 0 Å². The number of nitrogens with one attached hydrogen (secondary N) is 2. The molecule has 0 saturated heterocycles. The third-order valence-electron chi connectivity index (χ3n) is 3.91. The van der Waals surface area contributed by atoms with Crippen molar-refractivity contribution in [3.05, 3.63) is 29.8 Å². The molecule has 0 saturated carbocycles. The van der Waals surface area contributed by atoms with Crippen LogP contribution < -0.4 is 10.0 Å². The van der Waals surface area contributed by atoms with Crippen LogP contribution in [0, 0.1) is 0 Å². The minimum Gasteiger partial charge on any atom is -0.385 e. The molecule has 0 fully saturated rings. The van der Waals surface area contributed by atoms with E-state index < -0.39 is 16.1 Å². The van der Waals surface area contributed by atoms with Crippen molar-refractivity contribution in [3.8, 4) is 0 Å². The smallest absolute Gasteiger partial charge is 0.263 e. The van der Waals surface area contributed by atoms with Gasteiger partial charge in [-0.1, -0.05) is 31.9 Å². The second-order valence-corrected chi connectivity index (χ2v) is 7.53. The monoisotopic (exact) mass is 367 g/mol. The molecule has 7 nitrogen and oxygen atoms in total. The fourth-order valence-electron chi connectivity index (χ4n) is 2.58. The highest BCUT2D eigenvalue weighted by molar-refractivity contribution is 7.90. The zero-order valence-electron chi connectivity index (χ0n) is 14.6. The normalized spacial score (nSPS) is 17.8. The molecule has 2 N–H and O–H groups in total. The number of hydrogen-bond donors (Lipinski definition) is 2. The average molecular weight is 367 g/mol. The van der Waals surface area contributed by atoms with E-state index >= 15 is 0 Å². The number of unbranched alkanes of at least 4 members (excludes halogenated alkanes) is 1. The lowest BCUT2D eigenvalue weighted by Crippen LogP contribution is -2.36. The van der Waals surface area contributed by atoms with Gasteiger partial charge in [0.25, 0.3) is 10.0 Å². The molecule has 0 bridgehead atoms. The highest BCUT2D eigenvalue weighted by Gasteiger charge is 2.31. The molecule has 1 amide bonds. The van der Waals surface area contributed by atoms with Gasteiger partial charge in [-0.3, -0.25) is 14.5 Å². The van der Waals surface area contributed by atoms with Gasteiger partial charge in [-0.25, -0.2) is 8.42 Å². The van der Waals surface area contributed by atoms with Gasteiger partial charge >= 0.3 is 0 Å². The summed E-state index contributed by atoms with van der Waals surface area (Å²) in [7, 11) is -1.99. The van der Waals surface area contributed by atoms with Crippen LogP contribution in [0.25, 0.3) is 0 Å². The number of carbonyl (C=O) groups is 1. The summed E-state index contributed by atoms with van der Waals surface area (Å²) in [5.74, 6) is 0.0457. The highest BCUT2D eigenvalue weighted by atomic mass is 32.2. The van der Waals surface area contributed by atoms with Crippen LogP contribution in [0.5, 0.6) is 0 Å². The summed E-state index contributed by atoms with van der Waals surface area (Å²) in [6, 6.07) is 6.03. The Bertz CT molecular complexity index is 731. The molecule has 1 aliphatic rings. The SMILES string of the molecule is CCCCC(N=C1NS(=O)(=O)c2ccccc21)C(=O)NCCCOC. The van der Waals surface area contributed by atoms with Crippen molar-refractivity contribution >= 4 is 21.8 Å². The molecule has 1 aliphatic heterocycles. The molecule has 25 heavy (non-hydrogen) atoms. The molecular weight excluding hydrogens is 342 g/mol. The molecule has 2 rings (SSSR count). The van der Waals surface area contributed by atoms with E-state index in [2.05, 4.69) is 15.0 Å². The standard InChI is InChI=1S/C17H25N3O4S/c1-3-4-9-14(17(21)18-11-7-12-24-2)19-16-13-8-5-6-10-15(13)25(22,23)20-16/h5-6,8,10,14H,3-4,7,9,11-12H2,1-2H3,(H,18,21)(H,19,20). The van der Waals surface area contributed by atoms with Crippen molar-refractivity contribution in [2.24, 2.45) is 4.99 Å². The quantitative estimate of drug-likeness (QED) is 0.645. The average Bonchev–Trinajstić information content (AvgIpc) is 2.86. The van der Waals surface area contributed by atoms with Crippen LogP contribution in [0.1, 0.15) is 38.2 Å². The molecule has 0 radical (unpaired) electrons. The first kappa shape index (κ1) is 19.4. The van der Waals surface area contributed by atoms with Gasteiger partial charge < -0.3 is 10.1 Å². The number of amides is 1. The first-order valence-corrected chi connectivity index (χ1v) is 9.94. The fourth-order valence-corrected chi connectivity index (χ4v) is 3.82. The number of sulfonamides is 1. The van der Waals surface area contributed by atoms with E-state index in [4.69, 9.17) is 4.74 Å². The van der Waals surface area contributed by atoms with E-state index in [-0.39, 0.29) is 16.6 Å². The van der Waals surface area contributed by atoms with E-state index in [1.165, 1.54) is 6.07 Å². The third-order valence-corrected chi connectivity index (χ3v) is 5.30. The Kier molecular flexibility index (Phi) is 6.95. The van der Waals surface area contributed by atoms with Crippen molar-refractivity contribution < 1.29 is 17.9 Å². The maximum atomic E-state index is 12.4. The summed E-state index contributed by atoms with van der Waals surface area (Å²) in [4.78, 5) is 17.1. The van der Waals surface area contributed by atoms with Gasteiger partial charge in [0.2, 0.25) is 5.91 Å². The minimum absolute atomic E-state index is 0.194. The van der Waals surface area contributed by atoms with E-state index in [1.807, 2.05) is 6.92 Å². The largest absolute Gasteiger partial charge is 0.385 e. The number of ether oxygens (including phenoxy) is 1. The summed E-state index contributed by atoms with van der Waals surface area (Å²) in [6.07, 6.45) is 3.05. The van der Waals surface area contributed by atoms with Crippen LogP contribution in [0.3, 0.4) is 0 Å². The van der Waals surface area contributed by atoms with E-state index in [9.17, 15) is 13.2 Å². The minimum atomic E-state index is -3.60. The Morgan fingerprint density at radius 1 is 1.32 bits per heavy atom. The van der Waals surface area contributed by atoms with Gasteiger partial charge in [0, 0.05) is 25.8 Å². The Balaban J connectivity index is 2.18. The zero-order chi connectivity index (χ0) is 18.3. The first-order valence-electron chi connectivity index (χ1n) is 8.46. The van der Waals surface area contributed by atoms with E-state index in [1.54, 1.807) is 25.3 Å². The van der Waals surface area contributed by atoms with Gasteiger partial charge in [-0.2, -0.15) is 0 Å². The molecule has 0 spiro atoms. The van der Waals surface area contributed by atoms with Crippen LogP contribution in [-0.2, 0) is 19.6 Å². The number of benzene rings is 1. The molecule has 1 aromatic rings. The Morgan fingerprint density at radius 3 is 2.80 bits per heavy atom. The maximum Gasteiger partial charge on any atom is 0.263 e. The van der Waals surface area contributed by atoms with Crippen LogP contribution in [0.15, 0.2) is 34.2 Å². The van der Waals surface area contributed by atoms with E-state index in [0.717, 1.165) is 19.3 Å². The third kappa shape index (κ3) is 5.02. The van der Waals surface area contributed by atoms with Crippen molar-refractivity contribution in [1.82, 2.24) is 10.0 Å². The van der Waals surface area contributed by atoms with Crippen molar-refractivity contribution in [1.29, 1.82) is 0 Å². The summed E-state index contributed by atoms with van der Waals surface area (Å²) in [6.45, 7) is 3.11. The number of aliphatic imine (C=N–C) groups is 1. The lowest BCUT2D eigenvalue weighted by molar-refractivity contribution is -0.122. The van der Waals surface area contributed by atoms with Gasteiger partial charge in [0.15, 0.2) is 0 Å². The van der Waals surface area contributed by atoms with Crippen molar-refractivity contribution in [3.63, 3.8) is 0 Å². The number of methoxy groups -OCH3 is 1. The Morgan fingerprint density at radius 2 is 2.08 bits per heavy atom. The number of rotatable bonds is 9. The van der Waals surface area contributed by atoms with Crippen molar-refractivity contribution in [2.45, 2.75) is 43.5 Å². The molecule has 138 valence electrons. The molecule has 0 aromatic heterocycles. The molecule has 1 atom stereocenters. The second kappa shape index (κ2) is 8.96. The van der Waals surface area contributed by atoms with Gasteiger partial charge in [0.05, 0.1) is 4.90 Å². The molecule has 1 unspecified atom stereocenters.